The van der Waals surface area contributed by atoms with Crippen molar-refractivity contribution in [3.63, 3.8) is 0 Å². The van der Waals surface area contributed by atoms with Gasteiger partial charge in [-0.05, 0) is 85.3 Å². The number of ether oxygens (including phenoxy) is 2. The van der Waals surface area contributed by atoms with Gasteiger partial charge in [-0.1, -0.05) is 135 Å². The van der Waals surface area contributed by atoms with E-state index in [4.69, 9.17) is 24.8 Å². The molecule has 1 fully saturated rings. The van der Waals surface area contributed by atoms with E-state index in [-0.39, 0.29) is 73.4 Å². The summed E-state index contributed by atoms with van der Waals surface area (Å²) in [5, 5.41) is 7.46. The summed E-state index contributed by atoms with van der Waals surface area (Å²) < 4.78 is 10.9. The number of hydrogen-bond acceptors (Lipinski definition) is 12. The number of carbonyl (C=O) groups is 7. The number of anilines is 1. The molecule has 4 amide bonds. The number of methoxy groups -OCH3 is 2. The van der Waals surface area contributed by atoms with Gasteiger partial charge in [0.05, 0.1) is 37.3 Å². The van der Waals surface area contributed by atoms with Crippen LogP contribution < -0.4 is 21.7 Å². The van der Waals surface area contributed by atoms with Gasteiger partial charge in [-0.2, -0.15) is 0 Å². The molecule has 2 aromatic rings. The monoisotopic (exact) mass is 1010 g/mol. The zero-order valence-electron chi connectivity index (χ0n) is 47.8. The Balaban J connectivity index is -0.000000186. The van der Waals surface area contributed by atoms with E-state index in [9.17, 15) is 24.0 Å². The Hall–Kier alpha value is -5.03. The van der Waals surface area contributed by atoms with Crippen LogP contribution in [0.3, 0.4) is 0 Å². The molecule has 7 unspecified atom stereocenters. The number of likely N-dealkylation sites (tertiary alicyclic amines) is 1. The fourth-order valence-electron chi connectivity index (χ4n) is 6.44. The molecule has 71 heavy (non-hydrogen) atoms. The molecule has 16 heteroatoms. The van der Waals surface area contributed by atoms with Crippen LogP contribution in [0, 0.1) is 31.6 Å². The summed E-state index contributed by atoms with van der Waals surface area (Å²) in [7, 11) is 12.7. The van der Waals surface area contributed by atoms with Crippen LogP contribution in [-0.4, -0.2) is 158 Å². The Bertz CT molecular complexity index is 1510. The molecule has 0 spiro atoms. The number of benzene rings is 2. The second-order valence-corrected chi connectivity index (χ2v) is 17.6. The third kappa shape index (κ3) is 41.3. The van der Waals surface area contributed by atoms with Gasteiger partial charge in [0.15, 0.2) is 0 Å². The largest absolute Gasteiger partial charge is 0.399 e. The summed E-state index contributed by atoms with van der Waals surface area (Å²) >= 11 is 0. The Labute approximate surface area is 432 Å². The van der Waals surface area contributed by atoms with Crippen molar-refractivity contribution in [1.82, 2.24) is 30.7 Å². The van der Waals surface area contributed by atoms with Gasteiger partial charge < -0.3 is 60.2 Å². The Morgan fingerprint density at radius 2 is 1.31 bits per heavy atom. The molecule has 0 radical (unpaired) electrons. The van der Waals surface area contributed by atoms with Crippen molar-refractivity contribution in [2.24, 2.45) is 17.8 Å². The van der Waals surface area contributed by atoms with Gasteiger partial charge in [0, 0.05) is 52.5 Å². The quantitative estimate of drug-likeness (QED) is 0.0849. The van der Waals surface area contributed by atoms with Gasteiger partial charge in [-0.3, -0.25) is 19.2 Å². The Kier molecular flexibility index (Phi) is 57.6. The molecule has 0 aliphatic carbocycles. The van der Waals surface area contributed by atoms with Crippen molar-refractivity contribution in [3.05, 3.63) is 65.7 Å². The number of likely N-dealkylation sites (N-methyl/N-ethyl adjacent to an activating group) is 3. The van der Waals surface area contributed by atoms with Crippen LogP contribution in [0.1, 0.15) is 119 Å². The summed E-state index contributed by atoms with van der Waals surface area (Å²) in [6, 6.07) is 18.8. The van der Waals surface area contributed by atoms with E-state index in [2.05, 4.69) is 114 Å². The lowest BCUT2D eigenvalue weighted by molar-refractivity contribution is -0.137. The van der Waals surface area contributed by atoms with Gasteiger partial charge in [0.1, 0.15) is 19.9 Å². The SMILES string of the molecule is C=O.C=O.CC(C)C(C)N(C)C.CCC.CCC.CCC(C)C(C(CC=O)OC)N(C)C(=O)CNC=O.CNC(=O)CNC(=O)C(C)C(OC)C1CCCN1C.Cc1ccc(N)cc1.Cc1ccccc1. The van der Waals surface area contributed by atoms with Gasteiger partial charge >= 0.3 is 0 Å². The number of amides is 4. The lowest BCUT2D eigenvalue weighted by Crippen LogP contribution is -2.51. The second-order valence-electron chi connectivity index (χ2n) is 17.6. The maximum atomic E-state index is 12.0. The highest BCUT2D eigenvalue weighted by Gasteiger charge is 2.36. The lowest BCUT2D eigenvalue weighted by atomic mass is 9.91. The van der Waals surface area contributed by atoms with E-state index in [1.807, 2.05) is 83.7 Å². The van der Waals surface area contributed by atoms with Crippen LogP contribution in [0.15, 0.2) is 54.6 Å². The van der Waals surface area contributed by atoms with Crippen molar-refractivity contribution in [3.8, 4) is 0 Å². The first kappa shape index (κ1) is 77.4. The van der Waals surface area contributed by atoms with Gasteiger partial charge in [0.25, 0.3) is 0 Å². The summed E-state index contributed by atoms with van der Waals surface area (Å²) in [6.45, 7) is 30.2. The molecule has 1 saturated heterocycles. The average molecular weight is 1010 g/mol. The number of nitrogen functional groups attached to an aromatic ring is 1. The molecule has 412 valence electrons. The molecule has 3 rings (SSSR count). The number of nitrogens with zero attached hydrogens (tertiary/aromatic N) is 3. The van der Waals surface area contributed by atoms with Crippen LogP contribution in [0.5, 0.6) is 0 Å². The van der Waals surface area contributed by atoms with E-state index >= 15 is 0 Å². The Morgan fingerprint density at radius 1 is 0.817 bits per heavy atom. The molecule has 2 aromatic carbocycles. The molecule has 0 bridgehead atoms. The van der Waals surface area contributed by atoms with E-state index in [0.717, 1.165) is 43.7 Å². The second kappa shape index (κ2) is 52.8. The van der Waals surface area contributed by atoms with Crippen molar-refractivity contribution >= 4 is 49.7 Å². The highest BCUT2D eigenvalue weighted by molar-refractivity contribution is 5.85. The third-order valence-corrected chi connectivity index (χ3v) is 11.1. The van der Waals surface area contributed by atoms with Gasteiger partial charge in [-0.25, -0.2) is 0 Å². The van der Waals surface area contributed by atoms with Crippen LogP contribution in [0.4, 0.5) is 5.69 Å². The zero-order valence-corrected chi connectivity index (χ0v) is 47.8. The maximum Gasteiger partial charge on any atom is 0.242 e. The lowest BCUT2D eigenvalue weighted by Gasteiger charge is -2.37. The average Bonchev–Trinajstić information content (AvgIpc) is 3.80. The summed E-state index contributed by atoms with van der Waals surface area (Å²) in [6.07, 6.45) is 6.59. The van der Waals surface area contributed by atoms with Gasteiger partial charge in [-0.15, -0.1) is 0 Å². The first-order valence-electron chi connectivity index (χ1n) is 24.8. The summed E-state index contributed by atoms with van der Waals surface area (Å²) in [4.78, 5) is 78.1. The first-order chi connectivity index (χ1) is 33.6. The molecule has 7 atom stereocenters. The minimum Gasteiger partial charge on any atom is -0.399 e. The highest BCUT2D eigenvalue weighted by atomic mass is 16.5. The van der Waals surface area contributed by atoms with Gasteiger partial charge in [0.2, 0.25) is 24.1 Å². The molecule has 1 aliphatic heterocycles. The topological polar surface area (TPSA) is 210 Å². The predicted molar refractivity (Wildman–Crippen MR) is 295 cm³/mol. The number of hydrogen-bond donors (Lipinski definition) is 4. The number of rotatable bonds is 18. The molecular formula is C55H103N7O9. The molecular weight excluding hydrogens is 903 g/mol. The number of aldehydes is 1. The normalized spacial score (nSPS) is 14.4. The minimum atomic E-state index is -0.336. The van der Waals surface area contributed by atoms with Crippen LogP contribution in [0.25, 0.3) is 0 Å². The Morgan fingerprint density at radius 3 is 1.62 bits per heavy atom. The maximum absolute atomic E-state index is 12.0. The molecule has 16 nitrogen and oxygen atoms in total. The molecule has 1 heterocycles. The fraction of sp³-hybridized carbons (Fsp3) is 0.655. The standard InChI is InChI=1S/C13H25N3O3.C13H24N2O4.C7H9N.C7H17N.C7H8.2C3H8.2CH2O/c1-9(13(18)15-8-11(17)14-2)12(19-4)10-6-5-7-16(10)3;1-5-10(2)13(11(19-4)6-7-16)15(3)12(18)8-14-9-17;1-6-2-4-7(8)5-3-6;1-6(2)7(3)8(4)5;1-7-5-3-2-4-6-7;2*1-3-2;2*1-2/h9-10,12H,5-8H2,1-4H3,(H,14,17)(H,15,18);7,9-11,13H,5-6,8H2,1-4H3,(H,14,17);2-5H,8H2,1H3;6-7H,1-5H3;2-6H,1H3;2*3H2,1-2H3;2*1H2. The van der Waals surface area contributed by atoms with E-state index in [1.54, 1.807) is 26.1 Å². The van der Waals surface area contributed by atoms with Crippen molar-refractivity contribution in [1.29, 1.82) is 0 Å². The molecule has 5 N–H and O–H groups in total. The third-order valence-electron chi connectivity index (χ3n) is 11.1. The minimum absolute atomic E-state index is 0.0105. The van der Waals surface area contributed by atoms with E-state index < -0.39 is 0 Å². The van der Waals surface area contributed by atoms with Crippen molar-refractivity contribution in [2.75, 3.05) is 74.8 Å². The van der Waals surface area contributed by atoms with E-state index in [0.29, 0.717) is 12.5 Å². The predicted octanol–water partition coefficient (Wildman–Crippen LogP) is 7.43. The number of carbonyl (C=O) groups excluding carboxylic acids is 7. The molecule has 1 aliphatic rings. The molecule has 0 saturated carbocycles. The van der Waals surface area contributed by atoms with Crippen molar-refractivity contribution in [2.45, 2.75) is 152 Å². The van der Waals surface area contributed by atoms with Crippen LogP contribution in [0.2, 0.25) is 0 Å². The number of aryl methyl sites for hydroxylation is 2. The summed E-state index contributed by atoms with van der Waals surface area (Å²) in [5.74, 6) is 0.133. The smallest absolute Gasteiger partial charge is 0.242 e. The fourth-order valence-corrected chi connectivity index (χ4v) is 6.44. The highest BCUT2D eigenvalue weighted by Crippen LogP contribution is 2.25. The number of nitrogens with one attached hydrogen (secondary N) is 3. The van der Waals surface area contributed by atoms with E-state index in [1.165, 1.54) is 31.1 Å². The van der Waals surface area contributed by atoms with Crippen LogP contribution in [-0.2, 0) is 43.0 Å². The van der Waals surface area contributed by atoms with Crippen molar-refractivity contribution < 1.29 is 43.0 Å². The molecule has 0 aromatic heterocycles. The number of nitrogens with two attached hydrogens (primary N) is 1. The summed E-state index contributed by atoms with van der Waals surface area (Å²) in [5.41, 5.74) is 8.83. The first-order valence-corrected chi connectivity index (χ1v) is 24.8. The van der Waals surface area contributed by atoms with Crippen LogP contribution >= 0.6 is 0 Å². The zero-order chi connectivity index (χ0) is 56.5.